The van der Waals surface area contributed by atoms with E-state index in [9.17, 15) is 4.79 Å². The molecule has 4 nitrogen and oxygen atoms in total. The van der Waals surface area contributed by atoms with Crippen LogP contribution in [0.15, 0.2) is 47.6 Å². The largest absolute Gasteiger partial charge is 0.494 e. The van der Waals surface area contributed by atoms with Gasteiger partial charge in [0, 0.05) is 12.7 Å². The lowest BCUT2D eigenvalue weighted by atomic mass is 10.2. The van der Waals surface area contributed by atoms with Crippen molar-refractivity contribution in [1.29, 1.82) is 0 Å². The van der Waals surface area contributed by atoms with E-state index in [-0.39, 0.29) is 5.91 Å². The maximum absolute atomic E-state index is 11.7. The normalized spacial score (nSPS) is 10.3. The molecule has 0 saturated carbocycles. The zero-order chi connectivity index (χ0) is 16.5. The monoisotopic (exact) mass is 350 g/mol. The highest BCUT2D eigenvalue weighted by molar-refractivity contribution is 7.99. The number of hydrogen-bond donors (Lipinski definition) is 1. The van der Waals surface area contributed by atoms with E-state index in [1.807, 2.05) is 31.2 Å². The van der Waals surface area contributed by atoms with E-state index in [2.05, 4.69) is 10.3 Å². The molecule has 0 bridgehead atoms. The molecular formula is C17H19ClN2O2S. The van der Waals surface area contributed by atoms with Crippen LogP contribution in [0.1, 0.15) is 12.0 Å². The van der Waals surface area contributed by atoms with Crippen molar-refractivity contribution in [3.05, 3.63) is 53.2 Å². The Morgan fingerprint density at radius 2 is 2.22 bits per heavy atom. The third-order valence-corrected chi connectivity index (χ3v) is 4.12. The maximum atomic E-state index is 11.7. The fourth-order valence-corrected chi connectivity index (χ4v) is 2.62. The second-order valence-corrected chi connectivity index (χ2v) is 6.40. The molecule has 23 heavy (non-hydrogen) atoms. The Morgan fingerprint density at radius 3 is 2.96 bits per heavy atom. The van der Waals surface area contributed by atoms with Crippen LogP contribution < -0.4 is 10.1 Å². The van der Waals surface area contributed by atoms with E-state index in [0.29, 0.717) is 23.9 Å². The predicted octanol–water partition coefficient (Wildman–Crippen LogP) is 3.72. The maximum Gasteiger partial charge on any atom is 0.230 e. The molecule has 2 rings (SSSR count). The minimum absolute atomic E-state index is 0.0118. The van der Waals surface area contributed by atoms with Crippen molar-refractivity contribution in [3.63, 3.8) is 0 Å². The first-order valence-electron chi connectivity index (χ1n) is 7.34. The fraction of sp³-hybridized carbons (Fsp3) is 0.294. The van der Waals surface area contributed by atoms with Gasteiger partial charge in [-0.1, -0.05) is 35.5 Å². The summed E-state index contributed by atoms with van der Waals surface area (Å²) in [5.41, 5.74) is 1.17. The molecule has 0 aliphatic carbocycles. The van der Waals surface area contributed by atoms with Crippen molar-refractivity contribution >= 4 is 29.3 Å². The van der Waals surface area contributed by atoms with Gasteiger partial charge in [-0.25, -0.2) is 4.98 Å². The van der Waals surface area contributed by atoms with Crippen LogP contribution >= 0.6 is 23.4 Å². The van der Waals surface area contributed by atoms with Crippen LogP contribution in [-0.2, 0) is 4.79 Å². The van der Waals surface area contributed by atoms with E-state index in [1.54, 1.807) is 18.3 Å². The van der Waals surface area contributed by atoms with Crippen LogP contribution in [-0.4, -0.2) is 29.8 Å². The van der Waals surface area contributed by atoms with Gasteiger partial charge in [0.05, 0.1) is 22.4 Å². The molecule has 122 valence electrons. The molecule has 0 saturated heterocycles. The van der Waals surface area contributed by atoms with Crippen LogP contribution in [0.2, 0.25) is 5.02 Å². The number of ether oxygens (including phenoxy) is 1. The summed E-state index contributed by atoms with van der Waals surface area (Å²) >= 11 is 7.15. The van der Waals surface area contributed by atoms with E-state index in [1.165, 1.54) is 17.3 Å². The molecule has 0 aliphatic rings. The average Bonchev–Trinajstić information content (AvgIpc) is 2.54. The van der Waals surface area contributed by atoms with Gasteiger partial charge in [-0.05, 0) is 43.2 Å². The molecule has 0 radical (unpaired) electrons. The molecule has 1 amide bonds. The summed E-state index contributed by atoms with van der Waals surface area (Å²) in [5, 5.41) is 4.24. The molecule has 6 heteroatoms. The molecule has 0 unspecified atom stereocenters. The van der Waals surface area contributed by atoms with Crippen molar-refractivity contribution in [2.24, 2.45) is 0 Å². The summed E-state index contributed by atoms with van der Waals surface area (Å²) < 4.78 is 5.63. The Bertz CT molecular complexity index is 635. The second kappa shape index (κ2) is 9.43. The van der Waals surface area contributed by atoms with Crippen LogP contribution in [0.3, 0.4) is 0 Å². The summed E-state index contributed by atoms with van der Waals surface area (Å²) in [6.45, 7) is 3.20. The van der Waals surface area contributed by atoms with Crippen molar-refractivity contribution in [3.8, 4) is 5.75 Å². The van der Waals surface area contributed by atoms with Crippen LogP contribution in [0.5, 0.6) is 5.75 Å². The van der Waals surface area contributed by atoms with Crippen molar-refractivity contribution in [2.45, 2.75) is 18.4 Å². The Kier molecular flexibility index (Phi) is 7.23. The van der Waals surface area contributed by atoms with Crippen LogP contribution in [0.25, 0.3) is 0 Å². The molecule has 1 heterocycles. The van der Waals surface area contributed by atoms with Gasteiger partial charge in [0.2, 0.25) is 5.91 Å². The summed E-state index contributed by atoms with van der Waals surface area (Å²) in [7, 11) is 0. The number of thioether (sulfide) groups is 1. The highest BCUT2D eigenvalue weighted by Crippen LogP contribution is 2.16. The van der Waals surface area contributed by atoms with Crippen LogP contribution in [0.4, 0.5) is 0 Å². The predicted molar refractivity (Wildman–Crippen MR) is 94.3 cm³/mol. The Hall–Kier alpha value is -1.72. The number of rotatable bonds is 8. The lowest BCUT2D eigenvalue weighted by molar-refractivity contribution is -0.118. The number of hydrogen-bond acceptors (Lipinski definition) is 4. The fourth-order valence-electron chi connectivity index (χ4n) is 1.83. The summed E-state index contributed by atoms with van der Waals surface area (Å²) in [4.78, 5) is 15.9. The Balaban J connectivity index is 1.57. The van der Waals surface area contributed by atoms with Gasteiger partial charge in [0.15, 0.2) is 0 Å². The van der Waals surface area contributed by atoms with Gasteiger partial charge in [-0.3, -0.25) is 4.79 Å². The van der Waals surface area contributed by atoms with Crippen LogP contribution in [0, 0.1) is 6.92 Å². The quantitative estimate of drug-likeness (QED) is 0.582. The number of carbonyl (C=O) groups excluding carboxylic acids is 1. The SMILES string of the molecule is Cc1cccc(OCCCNC(=O)CSc2ccc(Cl)cn2)c1. The number of halogens is 1. The third kappa shape index (κ3) is 6.93. The number of amides is 1. The molecule has 0 spiro atoms. The van der Waals surface area contributed by atoms with Gasteiger partial charge in [-0.2, -0.15) is 0 Å². The van der Waals surface area contributed by atoms with Gasteiger partial charge >= 0.3 is 0 Å². The minimum atomic E-state index is -0.0118. The summed E-state index contributed by atoms with van der Waals surface area (Å²) in [5.74, 6) is 1.19. The molecule has 0 fully saturated rings. The number of nitrogens with zero attached hydrogens (tertiary/aromatic N) is 1. The zero-order valence-corrected chi connectivity index (χ0v) is 14.5. The first-order valence-corrected chi connectivity index (χ1v) is 8.70. The number of aromatic nitrogens is 1. The molecular weight excluding hydrogens is 332 g/mol. The molecule has 1 N–H and O–H groups in total. The van der Waals surface area contributed by atoms with Crippen molar-refractivity contribution in [2.75, 3.05) is 18.9 Å². The van der Waals surface area contributed by atoms with E-state index in [4.69, 9.17) is 16.3 Å². The minimum Gasteiger partial charge on any atom is -0.494 e. The number of nitrogens with one attached hydrogen (secondary N) is 1. The average molecular weight is 351 g/mol. The second-order valence-electron chi connectivity index (χ2n) is 4.97. The van der Waals surface area contributed by atoms with Gasteiger partial charge < -0.3 is 10.1 Å². The number of benzene rings is 1. The molecule has 1 aromatic heterocycles. The van der Waals surface area contributed by atoms with Gasteiger partial charge in [0.1, 0.15) is 5.75 Å². The summed E-state index contributed by atoms with van der Waals surface area (Å²) in [6, 6.07) is 11.5. The standard InChI is InChI=1S/C17H19ClN2O2S/c1-13-4-2-5-15(10-13)22-9-3-8-19-16(21)12-23-17-7-6-14(18)11-20-17/h2,4-7,10-11H,3,8-9,12H2,1H3,(H,19,21). The first-order chi connectivity index (χ1) is 11.1. The highest BCUT2D eigenvalue weighted by atomic mass is 35.5. The number of aryl methyl sites for hydroxylation is 1. The Morgan fingerprint density at radius 1 is 1.35 bits per heavy atom. The molecule has 1 aromatic carbocycles. The topological polar surface area (TPSA) is 51.2 Å². The van der Waals surface area contributed by atoms with Gasteiger partial charge in [-0.15, -0.1) is 0 Å². The molecule has 0 aliphatic heterocycles. The van der Waals surface area contributed by atoms with Crippen molar-refractivity contribution in [1.82, 2.24) is 10.3 Å². The van der Waals surface area contributed by atoms with Gasteiger partial charge in [0.25, 0.3) is 0 Å². The summed E-state index contributed by atoms with van der Waals surface area (Å²) in [6.07, 6.45) is 2.34. The first kappa shape index (κ1) is 17.6. The highest BCUT2D eigenvalue weighted by Gasteiger charge is 2.03. The lowest BCUT2D eigenvalue weighted by Gasteiger charge is -2.08. The van der Waals surface area contributed by atoms with E-state index >= 15 is 0 Å². The zero-order valence-electron chi connectivity index (χ0n) is 12.9. The van der Waals surface area contributed by atoms with E-state index in [0.717, 1.165) is 17.2 Å². The molecule has 0 atom stereocenters. The smallest absolute Gasteiger partial charge is 0.230 e. The Labute approximate surface area is 145 Å². The lowest BCUT2D eigenvalue weighted by Crippen LogP contribution is -2.27. The number of pyridine rings is 1. The molecule has 2 aromatic rings. The van der Waals surface area contributed by atoms with E-state index < -0.39 is 0 Å². The van der Waals surface area contributed by atoms with Crippen molar-refractivity contribution < 1.29 is 9.53 Å². The third-order valence-electron chi connectivity index (χ3n) is 2.95. The number of carbonyl (C=O) groups is 1.